The zero-order valence-corrected chi connectivity index (χ0v) is 24.4. The third-order valence-electron chi connectivity index (χ3n) is 5.97. The summed E-state index contributed by atoms with van der Waals surface area (Å²) < 4.78 is 31.7. The van der Waals surface area contributed by atoms with E-state index in [4.69, 9.17) is 26.5 Å². The quantitative estimate of drug-likeness (QED) is 0.173. The highest BCUT2D eigenvalue weighted by molar-refractivity contribution is 6.05. The summed E-state index contributed by atoms with van der Waals surface area (Å²) in [4.78, 5) is 47.6. The maximum absolute atomic E-state index is 12.1. The van der Waals surface area contributed by atoms with E-state index in [9.17, 15) is 27.6 Å². The van der Waals surface area contributed by atoms with Crippen LogP contribution in [-0.2, 0) is 20.8 Å². The van der Waals surface area contributed by atoms with Crippen LogP contribution in [0.25, 0.3) is 10.9 Å². The molecule has 0 bridgehead atoms. The van der Waals surface area contributed by atoms with Crippen LogP contribution in [0.3, 0.4) is 0 Å². The minimum absolute atomic E-state index is 0.196. The van der Waals surface area contributed by atoms with Crippen molar-refractivity contribution in [1.82, 2.24) is 15.6 Å². The first-order chi connectivity index (χ1) is 20.6. The molecule has 44 heavy (non-hydrogen) atoms. The standard InChI is InChI=1S/C16H20N4O2.C12H17NO2.C2HF3O2/c17-10-4-3-6-12(18)15(21)20-16(22)14-9-8-11-5-1-2-7-13(11)19-14;1-9-3-5-11(6-4-9)7-8-13-10(2)12(14)15;3-2(4,5)1(6)7/h1-2,5,7-9,12H,3-4,6,10,17-18H2,(H,20,21,22);3-6,10,13H,7-8H2,1-2H3,(H,14,15);(H,6,7)/t12-;10-;/m10./s1. The number of nitrogens with zero attached hydrogens (tertiary/aromatic N) is 1. The summed E-state index contributed by atoms with van der Waals surface area (Å²) in [6.07, 6.45) is -2.16. The number of aromatic nitrogens is 1. The first-order valence-electron chi connectivity index (χ1n) is 13.6. The van der Waals surface area contributed by atoms with Crippen LogP contribution in [0.1, 0.15) is 47.8 Å². The summed E-state index contributed by atoms with van der Waals surface area (Å²) in [6.45, 7) is 4.96. The second-order valence-electron chi connectivity index (χ2n) is 9.65. The van der Waals surface area contributed by atoms with Crippen LogP contribution in [0, 0.1) is 6.92 Å². The molecule has 14 heteroatoms. The van der Waals surface area contributed by atoms with E-state index in [0.717, 1.165) is 24.6 Å². The van der Waals surface area contributed by atoms with E-state index in [0.29, 0.717) is 25.0 Å². The topological polar surface area (TPSA) is 198 Å². The third kappa shape index (κ3) is 14.7. The number of unbranched alkanes of at least 4 members (excludes halogenated alkanes) is 1. The Hall–Kier alpha value is -4.40. The lowest BCUT2D eigenvalue weighted by molar-refractivity contribution is -0.192. The predicted molar refractivity (Wildman–Crippen MR) is 159 cm³/mol. The molecule has 0 saturated carbocycles. The van der Waals surface area contributed by atoms with E-state index in [1.165, 1.54) is 11.1 Å². The number of carboxylic acids is 2. The number of carboxylic acid groups (broad SMARTS) is 2. The maximum atomic E-state index is 12.1. The van der Waals surface area contributed by atoms with Gasteiger partial charge in [0.25, 0.3) is 5.91 Å². The van der Waals surface area contributed by atoms with Crippen molar-refractivity contribution in [2.45, 2.75) is 57.8 Å². The van der Waals surface area contributed by atoms with Gasteiger partial charge in [0.1, 0.15) is 11.7 Å². The molecule has 2 atom stereocenters. The normalized spacial score (nSPS) is 12.1. The molecule has 0 saturated heterocycles. The van der Waals surface area contributed by atoms with E-state index in [1.54, 1.807) is 19.1 Å². The summed E-state index contributed by atoms with van der Waals surface area (Å²) in [5.41, 5.74) is 14.5. The molecule has 0 aliphatic rings. The number of carbonyl (C=O) groups excluding carboxylic acids is 2. The van der Waals surface area contributed by atoms with Crippen molar-refractivity contribution < 1.29 is 42.6 Å². The van der Waals surface area contributed by atoms with E-state index >= 15 is 0 Å². The molecule has 8 N–H and O–H groups in total. The lowest BCUT2D eigenvalue weighted by Gasteiger charge is -2.11. The fourth-order valence-corrected chi connectivity index (χ4v) is 3.38. The molecule has 2 amide bonds. The molecule has 1 aromatic heterocycles. The summed E-state index contributed by atoms with van der Waals surface area (Å²) in [5.74, 6) is -4.59. The van der Waals surface area contributed by atoms with Crippen molar-refractivity contribution in [3.8, 4) is 0 Å². The molecule has 240 valence electrons. The number of aliphatic carboxylic acids is 2. The highest BCUT2D eigenvalue weighted by atomic mass is 19.4. The molecule has 0 unspecified atom stereocenters. The number of hydrogen-bond donors (Lipinski definition) is 6. The lowest BCUT2D eigenvalue weighted by atomic mass is 10.1. The molecular formula is C30H38F3N5O6. The number of nitrogens with one attached hydrogen (secondary N) is 2. The smallest absolute Gasteiger partial charge is 0.480 e. The minimum atomic E-state index is -5.08. The SMILES string of the molecule is Cc1ccc(CCN[C@@H](C)C(=O)O)cc1.NCCCC[C@@H](N)C(=O)NC(=O)c1ccc2ccccc2n1.O=C(O)C(F)(F)F. The number of fused-ring (bicyclic) bond motifs is 1. The van der Waals surface area contributed by atoms with Gasteiger partial charge in [-0.05, 0) is 63.9 Å². The number of nitrogens with two attached hydrogens (primary N) is 2. The number of aryl methyl sites for hydroxylation is 1. The highest BCUT2D eigenvalue weighted by Crippen LogP contribution is 2.13. The lowest BCUT2D eigenvalue weighted by Crippen LogP contribution is -2.43. The van der Waals surface area contributed by atoms with Crippen molar-refractivity contribution >= 4 is 34.7 Å². The Bertz CT molecular complexity index is 1370. The zero-order valence-electron chi connectivity index (χ0n) is 24.4. The van der Waals surface area contributed by atoms with Gasteiger partial charge in [0.15, 0.2) is 0 Å². The van der Waals surface area contributed by atoms with Gasteiger partial charge in [0.2, 0.25) is 5.91 Å². The summed E-state index contributed by atoms with van der Waals surface area (Å²) in [6, 6.07) is 17.9. The molecule has 0 radical (unpaired) electrons. The van der Waals surface area contributed by atoms with Crippen molar-refractivity contribution in [3.05, 3.63) is 77.5 Å². The molecule has 0 aliphatic carbocycles. The Labute approximate surface area is 252 Å². The van der Waals surface area contributed by atoms with Crippen LogP contribution in [0.15, 0.2) is 60.7 Å². The maximum Gasteiger partial charge on any atom is 0.490 e. The number of para-hydroxylation sites is 1. The molecule has 3 rings (SSSR count). The van der Waals surface area contributed by atoms with Crippen molar-refractivity contribution in [2.75, 3.05) is 13.1 Å². The van der Waals surface area contributed by atoms with E-state index in [2.05, 4.69) is 46.8 Å². The average molecular weight is 622 g/mol. The molecule has 11 nitrogen and oxygen atoms in total. The van der Waals surface area contributed by atoms with Crippen LogP contribution in [0.2, 0.25) is 0 Å². The second-order valence-corrected chi connectivity index (χ2v) is 9.65. The highest BCUT2D eigenvalue weighted by Gasteiger charge is 2.38. The number of benzene rings is 2. The van der Waals surface area contributed by atoms with Gasteiger partial charge in [-0.25, -0.2) is 9.78 Å². The number of pyridine rings is 1. The van der Waals surface area contributed by atoms with Gasteiger partial charge in [0, 0.05) is 5.39 Å². The summed E-state index contributed by atoms with van der Waals surface area (Å²) >= 11 is 0. The number of alkyl halides is 3. The van der Waals surface area contributed by atoms with Crippen LogP contribution < -0.4 is 22.1 Å². The van der Waals surface area contributed by atoms with Crippen LogP contribution in [0.5, 0.6) is 0 Å². The number of rotatable bonds is 11. The predicted octanol–water partition coefficient (Wildman–Crippen LogP) is 3.18. The van der Waals surface area contributed by atoms with E-state index in [-0.39, 0.29) is 5.69 Å². The van der Waals surface area contributed by atoms with Gasteiger partial charge in [-0.15, -0.1) is 0 Å². The number of imide groups is 1. The fraction of sp³-hybridized carbons (Fsp3) is 0.367. The van der Waals surface area contributed by atoms with Gasteiger partial charge >= 0.3 is 18.1 Å². The van der Waals surface area contributed by atoms with Gasteiger partial charge in [-0.1, -0.05) is 60.5 Å². The molecule has 0 spiro atoms. The second kappa shape index (κ2) is 19.0. The summed E-state index contributed by atoms with van der Waals surface area (Å²) in [7, 11) is 0. The van der Waals surface area contributed by atoms with Gasteiger partial charge in [-0.2, -0.15) is 13.2 Å². The Morgan fingerprint density at radius 1 is 0.955 bits per heavy atom. The third-order valence-corrected chi connectivity index (χ3v) is 5.97. The van der Waals surface area contributed by atoms with Crippen LogP contribution in [-0.4, -0.2) is 70.3 Å². The van der Waals surface area contributed by atoms with Gasteiger partial charge in [-0.3, -0.25) is 19.7 Å². The van der Waals surface area contributed by atoms with Gasteiger partial charge in [0.05, 0.1) is 11.6 Å². The average Bonchev–Trinajstić information content (AvgIpc) is 2.98. The first kappa shape index (κ1) is 37.6. The zero-order chi connectivity index (χ0) is 33.3. The Balaban J connectivity index is 0.000000379. The summed E-state index contributed by atoms with van der Waals surface area (Å²) in [5, 5.41) is 21.9. The van der Waals surface area contributed by atoms with Crippen LogP contribution >= 0.6 is 0 Å². The minimum Gasteiger partial charge on any atom is -0.480 e. The van der Waals surface area contributed by atoms with Crippen molar-refractivity contribution in [2.24, 2.45) is 11.5 Å². The molecular weight excluding hydrogens is 583 g/mol. The van der Waals surface area contributed by atoms with Gasteiger partial charge < -0.3 is 27.0 Å². The fourth-order valence-electron chi connectivity index (χ4n) is 3.38. The molecule has 1 heterocycles. The molecule has 3 aromatic rings. The Kier molecular flexibility index (Phi) is 16.2. The largest absolute Gasteiger partial charge is 0.490 e. The van der Waals surface area contributed by atoms with E-state index in [1.807, 2.05) is 24.3 Å². The Morgan fingerprint density at radius 2 is 1.57 bits per heavy atom. The van der Waals surface area contributed by atoms with Crippen molar-refractivity contribution in [3.63, 3.8) is 0 Å². The number of carbonyl (C=O) groups is 4. The molecule has 2 aromatic carbocycles. The monoisotopic (exact) mass is 621 g/mol. The van der Waals surface area contributed by atoms with E-state index < -0.39 is 42.0 Å². The molecule has 0 aliphatic heterocycles. The number of hydrogen-bond acceptors (Lipinski definition) is 8. The van der Waals surface area contributed by atoms with Crippen molar-refractivity contribution in [1.29, 1.82) is 0 Å². The molecule has 0 fully saturated rings. The number of amides is 2. The van der Waals surface area contributed by atoms with Crippen LogP contribution in [0.4, 0.5) is 13.2 Å². The Morgan fingerprint density at radius 3 is 2.14 bits per heavy atom. The first-order valence-corrected chi connectivity index (χ1v) is 13.6. The number of halogens is 3.